The summed E-state index contributed by atoms with van der Waals surface area (Å²) in [6.45, 7) is 1.52. The van der Waals surface area contributed by atoms with Crippen molar-refractivity contribution < 1.29 is 14.5 Å². The van der Waals surface area contributed by atoms with Crippen LogP contribution in [0, 0.1) is 17.0 Å². The number of anilines is 1. The number of carbonyl (C=O) groups excluding carboxylic acids is 2. The van der Waals surface area contributed by atoms with Crippen LogP contribution >= 0.6 is 0 Å². The van der Waals surface area contributed by atoms with Crippen molar-refractivity contribution in [3.8, 4) is 5.69 Å². The summed E-state index contributed by atoms with van der Waals surface area (Å²) in [5, 5.41) is 11.5. The van der Waals surface area contributed by atoms with Crippen molar-refractivity contribution >= 4 is 23.2 Å². The Kier molecular flexibility index (Phi) is 5.79. The molecule has 8 nitrogen and oxygen atoms in total. The number of aryl methyl sites for hydroxylation is 1. The van der Waals surface area contributed by atoms with Crippen LogP contribution in [-0.4, -0.2) is 38.8 Å². The fourth-order valence-electron chi connectivity index (χ4n) is 5.29. The Labute approximate surface area is 219 Å². The average molecular weight is 507 g/mol. The third-order valence-corrected chi connectivity index (χ3v) is 7.31. The lowest BCUT2D eigenvalue weighted by Crippen LogP contribution is -2.47. The Morgan fingerprint density at radius 2 is 1.66 bits per heavy atom. The summed E-state index contributed by atoms with van der Waals surface area (Å²) in [4.78, 5) is 42.2. The first-order valence-corrected chi connectivity index (χ1v) is 12.6. The molecule has 1 saturated carbocycles. The summed E-state index contributed by atoms with van der Waals surface area (Å²) in [5.41, 5.74) is 4.19. The highest BCUT2D eigenvalue weighted by atomic mass is 16.6. The van der Waals surface area contributed by atoms with E-state index in [0.717, 1.165) is 35.5 Å². The fourth-order valence-corrected chi connectivity index (χ4v) is 5.29. The third-order valence-electron chi connectivity index (χ3n) is 7.31. The molecule has 3 aromatic carbocycles. The lowest BCUT2D eigenvalue weighted by molar-refractivity contribution is -0.385. The molecule has 1 fully saturated rings. The minimum Gasteiger partial charge on any atom is -0.326 e. The van der Waals surface area contributed by atoms with Crippen molar-refractivity contribution in [1.82, 2.24) is 9.47 Å². The van der Waals surface area contributed by atoms with Crippen molar-refractivity contribution in [1.29, 1.82) is 0 Å². The number of amides is 2. The van der Waals surface area contributed by atoms with Crippen LogP contribution < -0.4 is 4.90 Å². The molecular weight excluding hydrogens is 480 g/mol. The summed E-state index contributed by atoms with van der Waals surface area (Å²) in [5.74, 6) is -0.575. The standard InChI is InChI=1S/C30H26N4O4/c1-20-13-14-22(18-27(20)34(37)38)30(36)32(23-15-16-23)19-28(35)33-25-11-6-5-10-24(25)31-17-7-12-26(31)29(33)21-8-3-2-4-9-21/h2-14,17-18,23,29H,15-16,19H2,1H3. The number of carbonyl (C=O) groups is 2. The smallest absolute Gasteiger partial charge is 0.273 e. The fraction of sp³-hybridized carbons (Fsp3) is 0.200. The maximum absolute atomic E-state index is 14.2. The van der Waals surface area contributed by atoms with E-state index >= 15 is 0 Å². The molecule has 0 spiro atoms. The molecule has 0 N–H and O–H groups in total. The van der Waals surface area contributed by atoms with Crippen molar-refractivity contribution in [2.75, 3.05) is 11.4 Å². The second-order valence-electron chi connectivity index (χ2n) is 9.79. The third kappa shape index (κ3) is 4.04. The normalized spacial score (nSPS) is 15.9. The Bertz CT molecular complexity index is 1560. The number of rotatable bonds is 6. The van der Waals surface area contributed by atoms with Crippen LogP contribution in [0.15, 0.2) is 91.1 Å². The molecular formula is C30H26N4O4. The van der Waals surface area contributed by atoms with Gasteiger partial charge in [-0.05, 0) is 55.7 Å². The molecule has 2 heterocycles. The van der Waals surface area contributed by atoms with E-state index in [1.165, 1.54) is 6.07 Å². The minimum atomic E-state index is -0.483. The van der Waals surface area contributed by atoms with Gasteiger partial charge in [-0.1, -0.05) is 48.5 Å². The zero-order valence-electron chi connectivity index (χ0n) is 20.9. The summed E-state index contributed by atoms with van der Waals surface area (Å²) >= 11 is 0. The molecule has 2 aliphatic rings. The van der Waals surface area contributed by atoms with E-state index in [4.69, 9.17) is 0 Å². The van der Waals surface area contributed by atoms with Gasteiger partial charge in [-0.25, -0.2) is 0 Å². The van der Waals surface area contributed by atoms with Gasteiger partial charge >= 0.3 is 0 Å². The van der Waals surface area contributed by atoms with E-state index in [1.807, 2.05) is 72.9 Å². The molecule has 1 aliphatic heterocycles. The van der Waals surface area contributed by atoms with E-state index in [9.17, 15) is 19.7 Å². The molecule has 190 valence electrons. The first-order chi connectivity index (χ1) is 18.4. The van der Waals surface area contributed by atoms with Crippen molar-refractivity contribution in [3.63, 3.8) is 0 Å². The molecule has 0 saturated heterocycles. The Hall–Kier alpha value is -4.72. The zero-order valence-corrected chi connectivity index (χ0v) is 20.9. The second-order valence-corrected chi connectivity index (χ2v) is 9.79. The summed E-state index contributed by atoms with van der Waals surface area (Å²) in [6, 6.07) is 25.7. The topological polar surface area (TPSA) is 88.7 Å². The molecule has 0 radical (unpaired) electrons. The number of nitrogens with zero attached hydrogens (tertiary/aromatic N) is 4. The Morgan fingerprint density at radius 3 is 2.37 bits per heavy atom. The quantitative estimate of drug-likeness (QED) is 0.258. The summed E-state index contributed by atoms with van der Waals surface area (Å²) < 4.78 is 2.10. The molecule has 2 amide bonds. The van der Waals surface area contributed by atoms with Crippen LogP contribution in [0.3, 0.4) is 0 Å². The van der Waals surface area contributed by atoms with E-state index < -0.39 is 4.92 Å². The molecule has 6 rings (SSSR count). The van der Waals surface area contributed by atoms with E-state index in [1.54, 1.807) is 28.9 Å². The van der Waals surface area contributed by atoms with Crippen molar-refractivity contribution in [3.05, 3.63) is 124 Å². The highest BCUT2D eigenvalue weighted by Gasteiger charge is 2.40. The zero-order chi connectivity index (χ0) is 26.4. The van der Waals surface area contributed by atoms with Gasteiger partial charge in [0.2, 0.25) is 5.91 Å². The van der Waals surface area contributed by atoms with Gasteiger partial charge in [0, 0.05) is 29.4 Å². The van der Waals surface area contributed by atoms with Gasteiger partial charge in [-0.15, -0.1) is 0 Å². The van der Waals surface area contributed by atoms with Crippen LogP contribution in [0.5, 0.6) is 0 Å². The van der Waals surface area contributed by atoms with Gasteiger partial charge in [0.05, 0.1) is 22.0 Å². The van der Waals surface area contributed by atoms with Gasteiger partial charge in [-0.3, -0.25) is 24.6 Å². The van der Waals surface area contributed by atoms with E-state index in [2.05, 4.69) is 4.57 Å². The first-order valence-electron chi connectivity index (χ1n) is 12.6. The number of hydrogen-bond donors (Lipinski definition) is 0. The van der Waals surface area contributed by atoms with Crippen molar-refractivity contribution in [2.24, 2.45) is 0 Å². The molecule has 1 aromatic heterocycles. The number of benzene rings is 3. The largest absolute Gasteiger partial charge is 0.326 e. The maximum Gasteiger partial charge on any atom is 0.273 e. The number of hydrogen-bond acceptors (Lipinski definition) is 4. The number of nitro benzene ring substituents is 1. The predicted octanol–water partition coefficient (Wildman–Crippen LogP) is 5.43. The molecule has 4 aromatic rings. The SMILES string of the molecule is Cc1ccc(C(=O)N(CC(=O)N2c3ccccc3-n3cccc3C2c2ccccc2)C2CC2)cc1[N+](=O)[O-]. The molecule has 1 aliphatic carbocycles. The molecule has 38 heavy (non-hydrogen) atoms. The van der Waals surface area contributed by atoms with Crippen LogP contribution in [0.25, 0.3) is 5.69 Å². The first kappa shape index (κ1) is 23.7. The van der Waals surface area contributed by atoms with Crippen LogP contribution in [0.4, 0.5) is 11.4 Å². The maximum atomic E-state index is 14.2. The van der Waals surface area contributed by atoms with E-state index in [-0.39, 0.29) is 41.7 Å². The van der Waals surface area contributed by atoms with Gasteiger partial charge < -0.3 is 9.47 Å². The van der Waals surface area contributed by atoms with Crippen LogP contribution in [-0.2, 0) is 4.79 Å². The van der Waals surface area contributed by atoms with Gasteiger partial charge in [0.1, 0.15) is 12.6 Å². The van der Waals surface area contributed by atoms with E-state index in [0.29, 0.717) is 5.56 Å². The lowest BCUT2D eigenvalue weighted by Gasteiger charge is -2.39. The molecule has 0 bridgehead atoms. The Balaban J connectivity index is 1.39. The number of aromatic nitrogens is 1. The Morgan fingerprint density at radius 1 is 0.947 bits per heavy atom. The minimum absolute atomic E-state index is 0.0640. The second kappa shape index (κ2) is 9.30. The van der Waals surface area contributed by atoms with Crippen LogP contribution in [0.2, 0.25) is 0 Å². The molecule has 1 unspecified atom stereocenters. The predicted molar refractivity (Wildman–Crippen MR) is 143 cm³/mol. The number of fused-ring (bicyclic) bond motifs is 3. The van der Waals surface area contributed by atoms with Gasteiger partial charge in [0.25, 0.3) is 11.6 Å². The monoisotopic (exact) mass is 506 g/mol. The van der Waals surface area contributed by atoms with Crippen molar-refractivity contribution in [2.45, 2.75) is 31.8 Å². The van der Waals surface area contributed by atoms with Crippen LogP contribution in [0.1, 0.15) is 46.1 Å². The lowest BCUT2D eigenvalue weighted by atomic mass is 9.97. The highest BCUT2D eigenvalue weighted by Crippen LogP contribution is 2.42. The number of para-hydroxylation sites is 2. The average Bonchev–Trinajstić information content (AvgIpc) is 3.66. The summed E-state index contributed by atoms with van der Waals surface area (Å²) in [7, 11) is 0. The number of nitro groups is 1. The van der Waals surface area contributed by atoms with Gasteiger partial charge in [0.15, 0.2) is 0 Å². The highest BCUT2D eigenvalue weighted by molar-refractivity contribution is 6.03. The summed E-state index contributed by atoms with van der Waals surface area (Å²) in [6.07, 6.45) is 3.60. The molecule has 8 heteroatoms. The molecule has 1 atom stereocenters. The van der Waals surface area contributed by atoms with Gasteiger partial charge in [-0.2, -0.15) is 0 Å².